The molecule has 1 atom stereocenters. The van der Waals surface area contributed by atoms with Crippen LogP contribution in [0.2, 0.25) is 0 Å². The number of nitrogens with zero attached hydrogens (tertiary/aromatic N) is 1. The van der Waals surface area contributed by atoms with Crippen molar-refractivity contribution in [3.63, 3.8) is 0 Å². The van der Waals surface area contributed by atoms with E-state index in [9.17, 15) is 13.2 Å². The molecule has 6 heteroatoms. The van der Waals surface area contributed by atoms with Gasteiger partial charge in [0, 0.05) is 23.8 Å². The number of hydrogen-bond donors (Lipinski definition) is 2. The molecule has 0 amide bonds. The summed E-state index contributed by atoms with van der Waals surface area (Å²) in [6.07, 6.45) is -1.30. The predicted octanol–water partition coefficient (Wildman–Crippen LogP) is 3.37. The zero-order chi connectivity index (χ0) is 14.9. The number of halogens is 3. The van der Waals surface area contributed by atoms with Crippen molar-refractivity contribution in [3.8, 4) is 0 Å². The van der Waals surface area contributed by atoms with Crippen LogP contribution in [0.25, 0.3) is 0 Å². The van der Waals surface area contributed by atoms with Crippen LogP contribution >= 0.6 is 0 Å². The molecular formula is C14H18F3N3. The Morgan fingerprint density at radius 2 is 2.05 bits per heavy atom. The summed E-state index contributed by atoms with van der Waals surface area (Å²) in [6, 6.07) is 3.71. The summed E-state index contributed by atoms with van der Waals surface area (Å²) < 4.78 is 38.3. The molecule has 1 aromatic carbocycles. The number of benzene rings is 1. The minimum atomic E-state index is -4.42. The van der Waals surface area contributed by atoms with E-state index in [-0.39, 0.29) is 17.4 Å². The van der Waals surface area contributed by atoms with Crippen molar-refractivity contribution in [1.29, 1.82) is 5.41 Å². The molecule has 1 aromatic rings. The van der Waals surface area contributed by atoms with Crippen molar-refractivity contribution in [2.75, 3.05) is 11.4 Å². The SMILES string of the molecule is CC1CCCCN1c1ccc(C(F)(F)F)cc1C(=N)N. The molecule has 3 nitrogen and oxygen atoms in total. The maximum absolute atomic E-state index is 12.8. The number of hydrogen-bond acceptors (Lipinski definition) is 2. The van der Waals surface area contributed by atoms with Crippen LogP contribution < -0.4 is 10.6 Å². The second-order valence-electron chi connectivity index (χ2n) is 5.18. The summed E-state index contributed by atoms with van der Waals surface area (Å²) in [6.45, 7) is 2.83. The van der Waals surface area contributed by atoms with Gasteiger partial charge in [0.15, 0.2) is 0 Å². The lowest BCUT2D eigenvalue weighted by Gasteiger charge is -2.36. The summed E-state index contributed by atoms with van der Waals surface area (Å²) in [5.41, 5.74) is 5.48. The topological polar surface area (TPSA) is 53.1 Å². The summed E-state index contributed by atoms with van der Waals surface area (Å²) in [7, 11) is 0. The molecule has 0 aliphatic carbocycles. The van der Waals surface area contributed by atoms with E-state index in [1.807, 2.05) is 11.8 Å². The molecule has 0 aromatic heterocycles. The third-order valence-corrected chi connectivity index (χ3v) is 3.73. The molecule has 0 bridgehead atoms. The molecule has 20 heavy (non-hydrogen) atoms. The largest absolute Gasteiger partial charge is 0.416 e. The van der Waals surface area contributed by atoms with Gasteiger partial charge in [-0.15, -0.1) is 0 Å². The van der Waals surface area contributed by atoms with E-state index in [0.29, 0.717) is 5.69 Å². The highest BCUT2D eigenvalue weighted by molar-refractivity contribution is 6.00. The lowest BCUT2D eigenvalue weighted by atomic mass is 9.99. The molecular weight excluding hydrogens is 267 g/mol. The van der Waals surface area contributed by atoms with E-state index >= 15 is 0 Å². The Morgan fingerprint density at radius 1 is 1.35 bits per heavy atom. The molecule has 110 valence electrons. The third kappa shape index (κ3) is 2.89. The van der Waals surface area contributed by atoms with Gasteiger partial charge in [0.2, 0.25) is 0 Å². The predicted molar refractivity (Wildman–Crippen MR) is 73.1 cm³/mol. The van der Waals surface area contributed by atoms with Gasteiger partial charge in [-0.25, -0.2) is 0 Å². The van der Waals surface area contributed by atoms with Crippen LogP contribution in [-0.4, -0.2) is 18.4 Å². The molecule has 3 N–H and O–H groups in total. The van der Waals surface area contributed by atoms with Crippen molar-refractivity contribution < 1.29 is 13.2 Å². The molecule has 1 saturated heterocycles. The molecule has 1 aliphatic heterocycles. The van der Waals surface area contributed by atoms with E-state index in [1.165, 1.54) is 6.07 Å². The normalized spacial score (nSPS) is 20.0. The van der Waals surface area contributed by atoms with Gasteiger partial charge in [0.05, 0.1) is 5.56 Å². The van der Waals surface area contributed by atoms with Gasteiger partial charge in [0.1, 0.15) is 5.84 Å². The van der Waals surface area contributed by atoms with Crippen molar-refractivity contribution in [3.05, 3.63) is 29.3 Å². The second-order valence-corrected chi connectivity index (χ2v) is 5.18. The van der Waals surface area contributed by atoms with E-state index in [2.05, 4.69) is 0 Å². The van der Waals surface area contributed by atoms with Crippen molar-refractivity contribution in [2.45, 2.75) is 38.4 Å². The zero-order valence-electron chi connectivity index (χ0n) is 11.3. The number of nitrogens with two attached hydrogens (primary N) is 1. The molecule has 0 radical (unpaired) electrons. The van der Waals surface area contributed by atoms with Crippen LogP contribution in [-0.2, 0) is 6.18 Å². The summed E-state index contributed by atoms with van der Waals surface area (Å²) >= 11 is 0. The first kappa shape index (κ1) is 14.7. The van der Waals surface area contributed by atoms with E-state index < -0.39 is 11.7 Å². The highest BCUT2D eigenvalue weighted by atomic mass is 19.4. The van der Waals surface area contributed by atoms with Crippen LogP contribution in [0.1, 0.15) is 37.3 Å². The van der Waals surface area contributed by atoms with Crippen molar-refractivity contribution in [2.24, 2.45) is 5.73 Å². The highest BCUT2D eigenvalue weighted by Crippen LogP contribution is 2.34. The van der Waals surface area contributed by atoms with Gasteiger partial charge in [0.25, 0.3) is 0 Å². The Labute approximate surface area is 116 Å². The number of alkyl halides is 3. The van der Waals surface area contributed by atoms with Crippen LogP contribution in [0, 0.1) is 5.41 Å². The van der Waals surface area contributed by atoms with Crippen LogP contribution in [0.3, 0.4) is 0 Å². The molecule has 1 unspecified atom stereocenters. The van der Waals surface area contributed by atoms with Crippen LogP contribution in [0.15, 0.2) is 18.2 Å². The van der Waals surface area contributed by atoms with Gasteiger partial charge in [-0.3, -0.25) is 5.41 Å². The summed E-state index contributed by atoms with van der Waals surface area (Å²) in [5.74, 6) is -0.330. The van der Waals surface area contributed by atoms with Gasteiger partial charge in [-0.2, -0.15) is 13.2 Å². The van der Waals surface area contributed by atoms with Gasteiger partial charge in [-0.05, 0) is 44.4 Å². The standard InChI is InChI=1S/C14H18F3N3/c1-9-4-2-3-7-20(9)12-6-5-10(14(15,16)17)8-11(12)13(18)19/h5-6,8-9H,2-4,7H2,1H3,(H3,18,19). The smallest absolute Gasteiger partial charge is 0.384 e. The van der Waals surface area contributed by atoms with Gasteiger partial charge >= 0.3 is 6.18 Å². The number of amidine groups is 1. The Morgan fingerprint density at radius 3 is 2.60 bits per heavy atom. The van der Waals surface area contributed by atoms with Crippen LogP contribution in [0.5, 0.6) is 0 Å². The van der Waals surface area contributed by atoms with E-state index in [0.717, 1.165) is 37.9 Å². The number of piperidine rings is 1. The molecule has 1 fully saturated rings. The Hall–Kier alpha value is -1.72. The fourth-order valence-electron chi connectivity index (χ4n) is 2.63. The fourth-order valence-corrected chi connectivity index (χ4v) is 2.63. The lowest BCUT2D eigenvalue weighted by molar-refractivity contribution is -0.137. The van der Waals surface area contributed by atoms with Gasteiger partial charge in [-0.1, -0.05) is 0 Å². The molecule has 0 spiro atoms. The van der Waals surface area contributed by atoms with Gasteiger partial charge < -0.3 is 10.6 Å². The maximum Gasteiger partial charge on any atom is 0.416 e. The highest BCUT2D eigenvalue weighted by Gasteiger charge is 2.32. The Bertz CT molecular complexity index is 511. The number of nitrogen functional groups attached to an aromatic ring is 1. The molecule has 1 aliphatic rings. The minimum absolute atomic E-state index is 0.161. The first-order valence-corrected chi connectivity index (χ1v) is 6.63. The average molecular weight is 285 g/mol. The summed E-state index contributed by atoms with van der Waals surface area (Å²) in [5, 5.41) is 7.55. The number of rotatable bonds is 2. The number of anilines is 1. The third-order valence-electron chi connectivity index (χ3n) is 3.73. The monoisotopic (exact) mass is 285 g/mol. The average Bonchev–Trinajstić information content (AvgIpc) is 2.37. The zero-order valence-corrected chi connectivity index (χ0v) is 11.3. The van der Waals surface area contributed by atoms with Crippen molar-refractivity contribution in [1.82, 2.24) is 0 Å². The van der Waals surface area contributed by atoms with Crippen molar-refractivity contribution >= 4 is 11.5 Å². The lowest BCUT2D eigenvalue weighted by Crippen LogP contribution is -2.38. The molecule has 0 saturated carbocycles. The maximum atomic E-state index is 12.8. The molecule has 1 heterocycles. The van der Waals surface area contributed by atoms with Crippen LogP contribution in [0.4, 0.5) is 18.9 Å². The molecule has 2 rings (SSSR count). The first-order valence-electron chi connectivity index (χ1n) is 6.63. The minimum Gasteiger partial charge on any atom is -0.384 e. The first-order chi connectivity index (χ1) is 9.30. The number of nitrogens with one attached hydrogen (secondary N) is 1. The fraction of sp³-hybridized carbons (Fsp3) is 0.500. The quantitative estimate of drug-likeness (QED) is 0.646. The van der Waals surface area contributed by atoms with E-state index in [4.69, 9.17) is 11.1 Å². The Balaban J connectivity index is 2.45. The Kier molecular flexibility index (Phi) is 3.92. The van der Waals surface area contributed by atoms with E-state index in [1.54, 1.807) is 0 Å². The summed E-state index contributed by atoms with van der Waals surface area (Å²) in [4.78, 5) is 2.04. The second kappa shape index (κ2) is 5.34.